The summed E-state index contributed by atoms with van der Waals surface area (Å²) in [4.78, 5) is 29.4. The number of pyridine rings is 1. The molecule has 1 aliphatic carbocycles. The van der Waals surface area contributed by atoms with E-state index in [1.54, 1.807) is 26.6 Å². The fourth-order valence-corrected chi connectivity index (χ4v) is 5.24. The van der Waals surface area contributed by atoms with E-state index in [4.69, 9.17) is 9.73 Å². The molecular formula is C24H33FN6O2. The molecule has 33 heavy (non-hydrogen) atoms. The number of halogens is 1. The summed E-state index contributed by atoms with van der Waals surface area (Å²) < 4.78 is 19.5. The van der Waals surface area contributed by atoms with E-state index < -0.39 is 12.2 Å². The molecule has 0 radical (unpaired) electrons. The van der Waals surface area contributed by atoms with Crippen LogP contribution in [0.5, 0.6) is 0 Å². The predicted octanol–water partition coefficient (Wildman–Crippen LogP) is 2.70. The fraction of sp³-hybridized carbons (Fsp3) is 0.625. The maximum Gasteiger partial charge on any atom is 0.237 e. The monoisotopic (exact) mass is 456 g/mol. The molecule has 1 aliphatic heterocycles. The van der Waals surface area contributed by atoms with Crippen molar-refractivity contribution in [2.24, 2.45) is 21.3 Å². The predicted molar refractivity (Wildman–Crippen MR) is 125 cm³/mol. The number of hydrogen-bond donors (Lipinski definition) is 0. The van der Waals surface area contributed by atoms with E-state index in [9.17, 15) is 14.4 Å². The van der Waals surface area contributed by atoms with E-state index in [1.807, 2.05) is 24.1 Å². The number of ether oxygens (including phenoxy) is 1. The van der Waals surface area contributed by atoms with Crippen LogP contribution in [-0.4, -0.2) is 85.0 Å². The van der Waals surface area contributed by atoms with E-state index >= 15 is 0 Å². The van der Waals surface area contributed by atoms with Crippen LogP contribution in [0.4, 0.5) is 4.39 Å². The minimum Gasteiger partial charge on any atom is -0.484 e. The molecule has 1 aromatic heterocycles. The molecule has 178 valence electrons. The molecule has 2 fully saturated rings. The number of likely N-dealkylation sites (tertiary alicyclic amines) is 1. The number of alkyl halides is 1. The number of carbonyl (C=O) groups excluding carboxylic acids is 1. The van der Waals surface area contributed by atoms with Gasteiger partial charge in [0, 0.05) is 43.4 Å². The lowest BCUT2D eigenvalue weighted by Crippen LogP contribution is -2.49. The average molecular weight is 457 g/mol. The summed E-state index contributed by atoms with van der Waals surface area (Å²) in [5.41, 5.74) is 0.629. The second kappa shape index (κ2) is 10.4. The Morgan fingerprint density at radius 3 is 2.70 bits per heavy atom. The molecule has 2 aliphatic rings. The summed E-state index contributed by atoms with van der Waals surface area (Å²) in [6.07, 6.45) is 4.08. The van der Waals surface area contributed by atoms with Crippen molar-refractivity contribution in [2.75, 3.05) is 34.3 Å². The Morgan fingerprint density at radius 2 is 2.09 bits per heavy atom. The third kappa shape index (κ3) is 5.22. The van der Waals surface area contributed by atoms with Crippen molar-refractivity contribution >= 4 is 17.6 Å². The highest BCUT2D eigenvalue weighted by atomic mass is 19.1. The topological polar surface area (TPSA) is 94.2 Å². The minimum atomic E-state index is -1.13. The Hall–Kier alpha value is -2.86. The first-order valence-electron chi connectivity index (χ1n) is 11.3. The van der Waals surface area contributed by atoms with Gasteiger partial charge in [-0.2, -0.15) is 10.3 Å². The second-order valence-electron chi connectivity index (χ2n) is 9.34. The molecule has 3 rings (SSSR count). The maximum atomic E-state index is 13.8. The fourth-order valence-electron chi connectivity index (χ4n) is 5.24. The lowest BCUT2D eigenvalue weighted by atomic mass is 9.78. The van der Waals surface area contributed by atoms with Crippen molar-refractivity contribution in [3.8, 4) is 6.07 Å². The smallest absolute Gasteiger partial charge is 0.237 e. The molecule has 1 amide bonds. The number of nitriles is 1. The van der Waals surface area contributed by atoms with Gasteiger partial charge in [0.05, 0.1) is 26.3 Å². The van der Waals surface area contributed by atoms with E-state index in [0.717, 1.165) is 18.4 Å². The van der Waals surface area contributed by atoms with Gasteiger partial charge < -0.3 is 9.64 Å². The summed E-state index contributed by atoms with van der Waals surface area (Å²) in [5.74, 6) is 1.03. The van der Waals surface area contributed by atoms with Gasteiger partial charge in [0.2, 0.25) is 5.91 Å². The van der Waals surface area contributed by atoms with Gasteiger partial charge in [-0.1, -0.05) is 13.8 Å². The molecule has 1 saturated heterocycles. The van der Waals surface area contributed by atoms with E-state index in [-0.39, 0.29) is 42.8 Å². The number of hydrogen-bond acceptors (Lipinski definition) is 6. The number of amidine groups is 1. The quantitative estimate of drug-likeness (QED) is 0.502. The number of nitrogens with zero attached hydrogens (tertiary/aromatic N) is 6. The SMILES string of the molecule is C/N=C(\N=C(/OC)[C@H]1CC[C@@H](N(C)CC(=O)N2C[C@@H](F)C[C@H]2C#N)C1(C)C)c1ccncc1. The Kier molecular flexibility index (Phi) is 7.80. The highest BCUT2D eigenvalue weighted by molar-refractivity contribution is 6.05. The zero-order valence-corrected chi connectivity index (χ0v) is 20.0. The molecule has 0 N–H and O–H groups in total. The lowest BCUT2D eigenvalue weighted by molar-refractivity contribution is -0.133. The van der Waals surface area contributed by atoms with Gasteiger partial charge in [-0.3, -0.25) is 19.7 Å². The second-order valence-corrected chi connectivity index (χ2v) is 9.34. The van der Waals surface area contributed by atoms with Crippen molar-refractivity contribution in [1.82, 2.24) is 14.8 Å². The van der Waals surface area contributed by atoms with Crippen molar-refractivity contribution in [2.45, 2.75) is 51.4 Å². The van der Waals surface area contributed by atoms with E-state index in [1.165, 1.54) is 4.90 Å². The van der Waals surface area contributed by atoms with Gasteiger partial charge in [0.15, 0.2) is 11.7 Å². The highest BCUT2D eigenvalue weighted by Gasteiger charge is 2.48. The summed E-state index contributed by atoms with van der Waals surface area (Å²) in [6.45, 7) is 4.46. The van der Waals surface area contributed by atoms with Gasteiger partial charge in [0.25, 0.3) is 0 Å². The zero-order chi connectivity index (χ0) is 24.2. The number of amides is 1. The highest BCUT2D eigenvalue weighted by Crippen LogP contribution is 2.46. The molecule has 0 aromatic carbocycles. The summed E-state index contributed by atoms with van der Waals surface area (Å²) >= 11 is 0. The lowest BCUT2D eigenvalue weighted by Gasteiger charge is -2.38. The van der Waals surface area contributed by atoms with Crippen LogP contribution in [0.25, 0.3) is 0 Å². The Balaban J connectivity index is 1.74. The number of methoxy groups -OCH3 is 1. The van der Waals surface area contributed by atoms with E-state index in [2.05, 4.69) is 29.9 Å². The number of rotatable bonds is 5. The zero-order valence-electron chi connectivity index (χ0n) is 20.0. The van der Waals surface area contributed by atoms with Crippen LogP contribution in [0.3, 0.4) is 0 Å². The molecule has 0 unspecified atom stereocenters. The van der Waals surface area contributed by atoms with Crippen LogP contribution in [0.1, 0.15) is 38.7 Å². The van der Waals surface area contributed by atoms with Crippen LogP contribution < -0.4 is 0 Å². The summed E-state index contributed by atoms with van der Waals surface area (Å²) in [7, 11) is 5.23. The molecule has 2 heterocycles. The third-order valence-electron chi connectivity index (χ3n) is 7.00. The number of likely N-dealkylation sites (N-methyl/N-ethyl adjacent to an activating group) is 1. The first-order valence-corrected chi connectivity index (χ1v) is 11.3. The molecule has 1 saturated carbocycles. The molecule has 9 heteroatoms. The van der Waals surface area contributed by atoms with Crippen LogP contribution in [0, 0.1) is 22.7 Å². The number of aliphatic imine (C=N–C) groups is 2. The first-order chi connectivity index (χ1) is 15.7. The van der Waals surface area contributed by atoms with Crippen LogP contribution >= 0.6 is 0 Å². The number of carbonyl (C=O) groups is 1. The third-order valence-corrected chi connectivity index (χ3v) is 7.00. The molecule has 4 atom stereocenters. The summed E-state index contributed by atoms with van der Waals surface area (Å²) in [6, 6.07) is 5.18. The standard InChI is InChI=1S/C24H33FN6O2/c1-24(2)19(23(33-5)29-22(27-3)16-8-10-28-11-9-16)6-7-20(24)30(4)15-21(32)31-14-17(25)12-18(31)13-26/h8-11,17-20H,6-7,12,14-15H2,1-5H3/b27-22-,29-23-/t17-,18-,19+,20+/m0/s1. The largest absolute Gasteiger partial charge is 0.484 e. The normalized spacial score (nSPS) is 27.6. The van der Waals surface area contributed by atoms with Crippen molar-refractivity contribution in [3.05, 3.63) is 30.1 Å². The molecule has 0 spiro atoms. The van der Waals surface area contributed by atoms with Crippen molar-refractivity contribution in [1.29, 1.82) is 5.26 Å². The van der Waals surface area contributed by atoms with Crippen molar-refractivity contribution < 1.29 is 13.9 Å². The average Bonchev–Trinajstić information content (AvgIpc) is 3.34. The van der Waals surface area contributed by atoms with Gasteiger partial charge in [-0.05, 0) is 37.4 Å². The molecular weight excluding hydrogens is 423 g/mol. The van der Waals surface area contributed by atoms with Crippen molar-refractivity contribution in [3.63, 3.8) is 0 Å². The van der Waals surface area contributed by atoms with Crippen LogP contribution in [0.15, 0.2) is 34.5 Å². The Morgan fingerprint density at radius 1 is 1.39 bits per heavy atom. The van der Waals surface area contributed by atoms with Gasteiger partial charge in [-0.15, -0.1) is 0 Å². The molecule has 0 bridgehead atoms. The first kappa shape index (κ1) is 24.8. The Labute approximate surface area is 195 Å². The van der Waals surface area contributed by atoms with Crippen LogP contribution in [-0.2, 0) is 9.53 Å². The number of aromatic nitrogens is 1. The van der Waals surface area contributed by atoms with Gasteiger partial charge in [-0.25, -0.2) is 4.39 Å². The minimum absolute atomic E-state index is 0.00377. The van der Waals surface area contributed by atoms with Crippen LogP contribution in [0.2, 0.25) is 0 Å². The molecule has 1 aromatic rings. The van der Waals surface area contributed by atoms with E-state index in [0.29, 0.717) is 11.7 Å². The maximum absolute atomic E-state index is 13.8. The summed E-state index contributed by atoms with van der Waals surface area (Å²) in [5, 5.41) is 9.27. The molecule has 8 nitrogen and oxygen atoms in total. The Bertz CT molecular complexity index is 942. The van der Waals surface area contributed by atoms with Gasteiger partial charge >= 0.3 is 0 Å². The van der Waals surface area contributed by atoms with Gasteiger partial charge in [0.1, 0.15) is 12.2 Å².